The number of H-pyrrole nitrogens is 1. The van der Waals surface area contributed by atoms with Crippen molar-refractivity contribution in [1.82, 2.24) is 15.5 Å². The lowest BCUT2D eigenvalue weighted by Crippen LogP contribution is -2.25. The lowest BCUT2D eigenvalue weighted by atomic mass is 10.2. The van der Waals surface area contributed by atoms with Crippen molar-refractivity contribution < 1.29 is 4.79 Å². The van der Waals surface area contributed by atoms with Crippen LogP contribution in [0.1, 0.15) is 29.5 Å². The van der Waals surface area contributed by atoms with Gasteiger partial charge in [0.1, 0.15) is 0 Å². The van der Waals surface area contributed by atoms with Crippen molar-refractivity contribution in [2.75, 3.05) is 12.3 Å². The summed E-state index contributed by atoms with van der Waals surface area (Å²) in [5.74, 6) is -0.349. The first-order chi connectivity index (χ1) is 7.56. The first-order valence-electron chi connectivity index (χ1n) is 5.00. The fourth-order valence-corrected chi connectivity index (χ4v) is 1.33. The Balaban J connectivity index is 2.72. The molecule has 0 atom stereocenters. The molecule has 4 N–H and O–H groups in total. The molecule has 0 aromatic carbocycles. The van der Waals surface area contributed by atoms with E-state index in [0.717, 1.165) is 18.5 Å². The maximum Gasteiger partial charge on any atom is 0.274 e. The van der Waals surface area contributed by atoms with Gasteiger partial charge in [0.2, 0.25) is 0 Å². The molecule has 1 amide bonds. The fourth-order valence-electron chi connectivity index (χ4n) is 1.26. The molecule has 0 aliphatic carbocycles. The number of nitrogens with two attached hydrogens (primary N) is 1. The summed E-state index contributed by atoms with van der Waals surface area (Å²) >= 11 is 5.54. The zero-order chi connectivity index (χ0) is 12.1. The van der Waals surface area contributed by atoms with Gasteiger partial charge < -0.3 is 11.1 Å². The first kappa shape index (κ1) is 12.6. The maximum atomic E-state index is 11.6. The van der Waals surface area contributed by atoms with Crippen molar-refractivity contribution in [2.24, 2.45) is 0 Å². The van der Waals surface area contributed by atoms with Crippen LogP contribution in [0.5, 0.6) is 0 Å². The van der Waals surface area contributed by atoms with E-state index in [4.69, 9.17) is 17.3 Å². The molecule has 0 radical (unpaired) electrons. The molecule has 1 aromatic heterocycles. The van der Waals surface area contributed by atoms with Gasteiger partial charge in [-0.3, -0.25) is 9.89 Å². The van der Waals surface area contributed by atoms with Crippen LogP contribution in [0.4, 0.5) is 5.69 Å². The summed E-state index contributed by atoms with van der Waals surface area (Å²) in [7, 11) is 0. The molecule has 0 saturated heterocycles. The van der Waals surface area contributed by atoms with Gasteiger partial charge in [-0.1, -0.05) is 31.5 Å². The summed E-state index contributed by atoms with van der Waals surface area (Å²) in [5.41, 5.74) is 7.19. The summed E-state index contributed by atoms with van der Waals surface area (Å²) in [6.45, 7) is 5.70. The minimum absolute atomic E-state index is 0.204. The van der Waals surface area contributed by atoms with Gasteiger partial charge in [-0.2, -0.15) is 5.10 Å². The van der Waals surface area contributed by atoms with Gasteiger partial charge in [0.15, 0.2) is 5.69 Å². The van der Waals surface area contributed by atoms with E-state index in [9.17, 15) is 4.79 Å². The highest BCUT2D eigenvalue weighted by Crippen LogP contribution is 2.15. The quantitative estimate of drug-likeness (QED) is 0.730. The Bertz CT molecular complexity index is 400. The molecule has 0 bridgehead atoms. The number of nitrogen functional groups attached to an aromatic ring is 1. The first-order valence-corrected chi connectivity index (χ1v) is 5.38. The van der Waals surface area contributed by atoms with Crippen LogP contribution in [-0.2, 0) is 6.42 Å². The van der Waals surface area contributed by atoms with E-state index >= 15 is 0 Å². The highest BCUT2D eigenvalue weighted by Gasteiger charge is 2.16. The molecule has 0 unspecified atom stereocenters. The van der Waals surface area contributed by atoms with Crippen LogP contribution in [0.2, 0.25) is 0 Å². The topological polar surface area (TPSA) is 83.8 Å². The number of aromatic amines is 1. The molecule has 6 heteroatoms. The number of aryl methyl sites for hydroxylation is 1. The average molecular weight is 243 g/mol. The number of carbonyl (C=O) groups is 1. The summed E-state index contributed by atoms with van der Waals surface area (Å²) in [5, 5.41) is 9.55. The van der Waals surface area contributed by atoms with Crippen molar-refractivity contribution in [3.05, 3.63) is 23.0 Å². The third-order valence-electron chi connectivity index (χ3n) is 2.04. The zero-order valence-electron chi connectivity index (χ0n) is 9.14. The molecule has 0 fully saturated rings. The standard InChI is InChI=1S/C10H15ClN4O/c1-3-4-7-8(12)9(15-14-7)10(16)13-5-6(2)11/h2-5,12H2,1H3,(H,13,16)(H,14,15). The second-order valence-electron chi connectivity index (χ2n) is 3.41. The number of aromatic nitrogens is 2. The molecule has 0 aliphatic heterocycles. The van der Waals surface area contributed by atoms with Crippen LogP contribution < -0.4 is 11.1 Å². The summed E-state index contributed by atoms with van der Waals surface area (Å²) < 4.78 is 0. The third-order valence-corrected chi connectivity index (χ3v) is 2.17. The van der Waals surface area contributed by atoms with E-state index < -0.39 is 0 Å². The van der Waals surface area contributed by atoms with Crippen LogP contribution in [0.3, 0.4) is 0 Å². The van der Waals surface area contributed by atoms with Gasteiger partial charge in [-0.05, 0) is 6.42 Å². The zero-order valence-corrected chi connectivity index (χ0v) is 9.90. The molecule has 0 spiro atoms. The summed E-state index contributed by atoms with van der Waals surface area (Å²) in [6.07, 6.45) is 1.71. The smallest absolute Gasteiger partial charge is 0.274 e. The normalized spacial score (nSPS) is 10.1. The van der Waals surface area contributed by atoms with Crippen molar-refractivity contribution >= 4 is 23.2 Å². The monoisotopic (exact) mass is 242 g/mol. The molecule has 88 valence electrons. The second-order valence-corrected chi connectivity index (χ2v) is 3.95. The maximum absolute atomic E-state index is 11.6. The summed E-state index contributed by atoms with van der Waals surface area (Å²) in [4.78, 5) is 11.6. The van der Waals surface area contributed by atoms with E-state index in [-0.39, 0.29) is 18.1 Å². The minimum Gasteiger partial charge on any atom is -0.395 e. The van der Waals surface area contributed by atoms with E-state index in [1.54, 1.807) is 0 Å². The van der Waals surface area contributed by atoms with E-state index in [0.29, 0.717) is 10.7 Å². The number of anilines is 1. The molecule has 16 heavy (non-hydrogen) atoms. The van der Waals surface area contributed by atoms with Crippen molar-refractivity contribution in [2.45, 2.75) is 19.8 Å². The number of hydrogen-bond acceptors (Lipinski definition) is 3. The Kier molecular flexibility index (Phi) is 4.37. The number of amides is 1. The van der Waals surface area contributed by atoms with Crippen LogP contribution >= 0.6 is 11.6 Å². The SMILES string of the molecule is C=C(Cl)CNC(=O)c1n[nH]c(CCC)c1N. The highest BCUT2D eigenvalue weighted by molar-refractivity contribution is 6.29. The Labute approximate surface area is 99.0 Å². The van der Waals surface area contributed by atoms with Gasteiger partial charge in [0.25, 0.3) is 5.91 Å². The summed E-state index contributed by atoms with van der Waals surface area (Å²) in [6, 6.07) is 0. The van der Waals surface area contributed by atoms with Crippen molar-refractivity contribution in [3.8, 4) is 0 Å². The fraction of sp³-hybridized carbons (Fsp3) is 0.400. The van der Waals surface area contributed by atoms with Gasteiger partial charge >= 0.3 is 0 Å². The van der Waals surface area contributed by atoms with Gasteiger partial charge in [-0.25, -0.2) is 0 Å². The largest absolute Gasteiger partial charge is 0.395 e. The van der Waals surface area contributed by atoms with Gasteiger partial charge in [-0.15, -0.1) is 0 Å². The molecule has 1 heterocycles. The van der Waals surface area contributed by atoms with Crippen LogP contribution in [0, 0.1) is 0 Å². The lowest BCUT2D eigenvalue weighted by molar-refractivity contribution is 0.0953. The molecule has 1 aromatic rings. The number of carbonyl (C=O) groups excluding carboxylic acids is 1. The predicted molar refractivity (Wildman–Crippen MR) is 64.3 cm³/mol. The van der Waals surface area contributed by atoms with E-state index in [1.165, 1.54) is 0 Å². The van der Waals surface area contributed by atoms with Gasteiger partial charge in [0, 0.05) is 5.03 Å². The third kappa shape index (κ3) is 3.00. The minimum atomic E-state index is -0.349. The number of nitrogens with one attached hydrogen (secondary N) is 2. The Hall–Kier alpha value is -1.49. The lowest BCUT2D eigenvalue weighted by Gasteiger charge is -2.01. The van der Waals surface area contributed by atoms with Crippen LogP contribution in [0.15, 0.2) is 11.6 Å². The van der Waals surface area contributed by atoms with Crippen molar-refractivity contribution in [1.29, 1.82) is 0 Å². The Morgan fingerprint density at radius 2 is 2.38 bits per heavy atom. The van der Waals surface area contributed by atoms with E-state index in [1.807, 2.05) is 6.92 Å². The van der Waals surface area contributed by atoms with Crippen molar-refractivity contribution in [3.63, 3.8) is 0 Å². The average Bonchev–Trinajstić information content (AvgIpc) is 2.58. The number of rotatable bonds is 5. The Morgan fingerprint density at radius 3 is 2.94 bits per heavy atom. The molecule has 1 rings (SSSR count). The number of halogens is 1. The Morgan fingerprint density at radius 1 is 1.69 bits per heavy atom. The van der Waals surface area contributed by atoms with E-state index in [2.05, 4.69) is 22.1 Å². The molecule has 0 saturated carbocycles. The van der Waals surface area contributed by atoms with Crippen LogP contribution in [0.25, 0.3) is 0 Å². The number of nitrogens with zero attached hydrogens (tertiary/aromatic N) is 1. The molecule has 0 aliphatic rings. The second kappa shape index (κ2) is 5.55. The van der Waals surface area contributed by atoms with Gasteiger partial charge in [0.05, 0.1) is 17.9 Å². The molecule has 5 nitrogen and oxygen atoms in total. The molecular formula is C10H15ClN4O. The number of hydrogen-bond donors (Lipinski definition) is 3. The molecular weight excluding hydrogens is 228 g/mol. The highest BCUT2D eigenvalue weighted by atomic mass is 35.5. The predicted octanol–water partition coefficient (Wildman–Crippen LogP) is 1.43. The van der Waals surface area contributed by atoms with Crippen LogP contribution in [-0.4, -0.2) is 22.6 Å².